The average Bonchev–Trinajstić information content (AvgIpc) is 3.03. The Morgan fingerprint density at radius 3 is 3.11 bits per heavy atom. The fraction of sp³-hybridized carbons (Fsp3) is 0.571. The number of hydrogen-bond donors (Lipinski definition) is 0. The number of anilines is 1. The molecule has 2 aromatic rings. The SMILES string of the molecule is CN1CC[C@H]2CCN(c3ncnc4sccc34)[C@H]2C1. The number of hydrogen-bond acceptors (Lipinski definition) is 5. The van der Waals surface area contributed by atoms with Crippen LogP contribution in [-0.4, -0.2) is 47.6 Å². The number of likely N-dealkylation sites (N-methyl/N-ethyl adjacent to an activating group) is 1. The molecule has 0 aromatic carbocycles. The van der Waals surface area contributed by atoms with Crippen molar-refractivity contribution < 1.29 is 0 Å². The third-order valence-electron chi connectivity index (χ3n) is 4.58. The van der Waals surface area contributed by atoms with Gasteiger partial charge in [0, 0.05) is 19.1 Å². The van der Waals surface area contributed by atoms with E-state index in [9.17, 15) is 0 Å². The van der Waals surface area contributed by atoms with Crippen molar-refractivity contribution in [2.75, 3.05) is 31.6 Å². The van der Waals surface area contributed by atoms with Crippen LogP contribution < -0.4 is 4.90 Å². The zero-order valence-corrected chi connectivity index (χ0v) is 11.9. The molecule has 100 valence electrons. The van der Waals surface area contributed by atoms with E-state index >= 15 is 0 Å². The maximum absolute atomic E-state index is 4.58. The van der Waals surface area contributed by atoms with E-state index in [0.29, 0.717) is 6.04 Å². The molecule has 0 radical (unpaired) electrons. The van der Waals surface area contributed by atoms with E-state index in [1.54, 1.807) is 17.7 Å². The molecule has 5 heteroatoms. The van der Waals surface area contributed by atoms with Gasteiger partial charge in [0.2, 0.25) is 0 Å². The Labute approximate surface area is 117 Å². The second-order valence-corrected chi connectivity index (χ2v) is 6.59. The van der Waals surface area contributed by atoms with E-state index in [0.717, 1.165) is 23.1 Å². The summed E-state index contributed by atoms with van der Waals surface area (Å²) in [4.78, 5) is 15.0. The highest BCUT2D eigenvalue weighted by molar-refractivity contribution is 7.16. The summed E-state index contributed by atoms with van der Waals surface area (Å²) >= 11 is 1.70. The van der Waals surface area contributed by atoms with E-state index < -0.39 is 0 Å². The zero-order chi connectivity index (χ0) is 12.8. The van der Waals surface area contributed by atoms with Crippen LogP contribution in [0, 0.1) is 5.92 Å². The minimum atomic E-state index is 0.636. The highest BCUT2D eigenvalue weighted by Gasteiger charge is 2.38. The molecule has 2 aliphatic heterocycles. The van der Waals surface area contributed by atoms with Crippen LogP contribution in [0.4, 0.5) is 5.82 Å². The molecule has 2 aromatic heterocycles. The minimum Gasteiger partial charge on any atom is -0.351 e. The lowest BCUT2D eigenvalue weighted by Crippen LogP contribution is -2.47. The molecule has 0 unspecified atom stereocenters. The quantitative estimate of drug-likeness (QED) is 0.798. The summed E-state index contributed by atoms with van der Waals surface area (Å²) in [6, 6.07) is 2.80. The third-order valence-corrected chi connectivity index (χ3v) is 5.40. The molecule has 0 amide bonds. The molecule has 4 nitrogen and oxygen atoms in total. The Kier molecular flexibility index (Phi) is 2.70. The van der Waals surface area contributed by atoms with E-state index in [1.165, 1.54) is 31.3 Å². The topological polar surface area (TPSA) is 32.3 Å². The van der Waals surface area contributed by atoms with Gasteiger partial charge in [-0.3, -0.25) is 0 Å². The van der Waals surface area contributed by atoms with Gasteiger partial charge in [0.25, 0.3) is 0 Å². The first kappa shape index (κ1) is 11.6. The number of thiophene rings is 1. The lowest BCUT2D eigenvalue weighted by atomic mass is 9.92. The number of nitrogens with zero attached hydrogens (tertiary/aromatic N) is 4. The van der Waals surface area contributed by atoms with Gasteiger partial charge in [-0.25, -0.2) is 9.97 Å². The molecular formula is C14H18N4S. The van der Waals surface area contributed by atoms with Gasteiger partial charge < -0.3 is 9.80 Å². The third kappa shape index (κ3) is 1.83. The van der Waals surface area contributed by atoms with Crippen LogP contribution in [0.3, 0.4) is 0 Å². The molecule has 2 saturated heterocycles. The van der Waals surface area contributed by atoms with Crippen molar-refractivity contribution in [2.24, 2.45) is 5.92 Å². The predicted octanol–water partition coefficient (Wildman–Crippen LogP) is 2.22. The highest BCUT2D eigenvalue weighted by atomic mass is 32.1. The number of fused-ring (bicyclic) bond motifs is 2. The first-order chi connectivity index (χ1) is 9.33. The average molecular weight is 274 g/mol. The van der Waals surface area contributed by atoms with Crippen LogP contribution in [0.1, 0.15) is 12.8 Å². The number of aromatic nitrogens is 2. The highest BCUT2D eigenvalue weighted by Crippen LogP contribution is 2.37. The van der Waals surface area contributed by atoms with Crippen molar-refractivity contribution >= 4 is 27.4 Å². The van der Waals surface area contributed by atoms with Crippen LogP contribution in [0.2, 0.25) is 0 Å². The van der Waals surface area contributed by atoms with Crippen molar-refractivity contribution in [3.63, 3.8) is 0 Å². The van der Waals surface area contributed by atoms with Crippen molar-refractivity contribution in [1.29, 1.82) is 0 Å². The first-order valence-corrected chi connectivity index (χ1v) is 7.84. The Morgan fingerprint density at radius 2 is 2.16 bits per heavy atom. The summed E-state index contributed by atoms with van der Waals surface area (Å²) in [5, 5.41) is 3.34. The largest absolute Gasteiger partial charge is 0.351 e. The van der Waals surface area contributed by atoms with E-state index in [-0.39, 0.29) is 0 Å². The number of rotatable bonds is 1. The van der Waals surface area contributed by atoms with Gasteiger partial charge in [-0.05, 0) is 43.8 Å². The normalized spacial score (nSPS) is 27.9. The number of piperidine rings is 1. The van der Waals surface area contributed by atoms with Crippen molar-refractivity contribution in [1.82, 2.24) is 14.9 Å². The molecule has 0 N–H and O–H groups in total. The van der Waals surface area contributed by atoms with Crippen LogP contribution >= 0.6 is 11.3 Å². The van der Waals surface area contributed by atoms with E-state index in [2.05, 4.69) is 38.3 Å². The second-order valence-electron chi connectivity index (χ2n) is 5.70. The molecule has 2 fully saturated rings. The van der Waals surface area contributed by atoms with Gasteiger partial charge >= 0.3 is 0 Å². The fourth-order valence-corrected chi connectivity index (χ4v) is 4.29. The summed E-state index contributed by atoms with van der Waals surface area (Å²) < 4.78 is 0. The lowest BCUT2D eigenvalue weighted by Gasteiger charge is -2.37. The molecular weight excluding hydrogens is 256 g/mol. The van der Waals surface area contributed by atoms with Gasteiger partial charge in [-0.15, -0.1) is 11.3 Å². The molecule has 0 saturated carbocycles. The van der Waals surface area contributed by atoms with Crippen LogP contribution in [0.25, 0.3) is 10.2 Å². The molecule has 19 heavy (non-hydrogen) atoms. The van der Waals surface area contributed by atoms with Gasteiger partial charge in [-0.2, -0.15) is 0 Å². The van der Waals surface area contributed by atoms with Gasteiger partial charge in [-0.1, -0.05) is 0 Å². The smallest absolute Gasteiger partial charge is 0.141 e. The summed E-state index contributed by atoms with van der Waals surface area (Å²) in [6.07, 6.45) is 4.36. The Hall–Kier alpha value is -1.20. The molecule has 2 atom stereocenters. The molecule has 4 heterocycles. The summed E-state index contributed by atoms with van der Waals surface area (Å²) in [7, 11) is 2.23. The van der Waals surface area contributed by atoms with Gasteiger partial charge in [0.15, 0.2) is 0 Å². The van der Waals surface area contributed by atoms with Crippen LogP contribution in [0.15, 0.2) is 17.8 Å². The first-order valence-electron chi connectivity index (χ1n) is 6.96. The molecule has 0 aliphatic carbocycles. The molecule has 0 bridgehead atoms. The van der Waals surface area contributed by atoms with Crippen LogP contribution in [0.5, 0.6) is 0 Å². The van der Waals surface area contributed by atoms with Gasteiger partial charge in [0.1, 0.15) is 17.0 Å². The molecule has 2 aliphatic rings. The Morgan fingerprint density at radius 1 is 1.26 bits per heavy atom. The fourth-order valence-electron chi connectivity index (χ4n) is 3.57. The minimum absolute atomic E-state index is 0.636. The summed E-state index contributed by atoms with van der Waals surface area (Å²) in [5.74, 6) is 1.99. The van der Waals surface area contributed by atoms with Gasteiger partial charge in [0.05, 0.1) is 5.39 Å². The van der Waals surface area contributed by atoms with Crippen molar-refractivity contribution in [3.8, 4) is 0 Å². The summed E-state index contributed by atoms with van der Waals surface area (Å²) in [6.45, 7) is 3.55. The maximum Gasteiger partial charge on any atom is 0.141 e. The van der Waals surface area contributed by atoms with Crippen molar-refractivity contribution in [2.45, 2.75) is 18.9 Å². The maximum atomic E-state index is 4.58. The van der Waals surface area contributed by atoms with E-state index in [4.69, 9.17) is 0 Å². The predicted molar refractivity (Wildman–Crippen MR) is 78.8 cm³/mol. The lowest BCUT2D eigenvalue weighted by molar-refractivity contribution is 0.208. The molecule has 4 rings (SSSR count). The number of likely N-dealkylation sites (tertiary alicyclic amines) is 1. The Balaban J connectivity index is 1.74. The van der Waals surface area contributed by atoms with E-state index in [1.807, 2.05) is 0 Å². The summed E-state index contributed by atoms with van der Waals surface area (Å²) in [5.41, 5.74) is 0. The Bertz CT molecular complexity index is 596. The van der Waals surface area contributed by atoms with Crippen molar-refractivity contribution in [3.05, 3.63) is 17.8 Å². The standard InChI is InChI=1S/C14H18N4S/c1-17-5-2-10-3-6-18(12(10)8-17)13-11-4-7-19-14(11)16-9-15-13/h4,7,9-10,12H,2-3,5-6,8H2,1H3/t10-,12-/m0/s1. The van der Waals surface area contributed by atoms with Crippen LogP contribution in [-0.2, 0) is 0 Å². The monoisotopic (exact) mass is 274 g/mol. The molecule has 0 spiro atoms. The second kappa shape index (κ2) is 4.42. The zero-order valence-electron chi connectivity index (χ0n) is 11.1.